The van der Waals surface area contributed by atoms with Gasteiger partial charge in [0, 0.05) is 60.1 Å². The molecule has 2 aliphatic rings. The average molecular weight is 521 g/mol. The van der Waals surface area contributed by atoms with Crippen LogP contribution in [0.1, 0.15) is 65.5 Å². The van der Waals surface area contributed by atoms with Crippen molar-refractivity contribution < 1.29 is 14.3 Å². The van der Waals surface area contributed by atoms with Gasteiger partial charge in [-0.15, -0.1) is 0 Å². The van der Waals surface area contributed by atoms with Gasteiger partial charge in [-0.05, 0) is 74.9 Å². The Morgan fingerprint density at radius 2 is 2.03 bits per heavy atom. The first kappa shape index (κ1) is 25.5. The lowest BCUT2D eigenvalue weighted by molar-refractivity contribution is 0.0412. The zero-order valence-corrected chi connectivity index (χ0v) is 22.4. The van der Waals surface area contributed by atoms with Gasteiger partial charge in [-0.3, -0.25) is 14.8 Å². The number of ether oxygens (including phenoxy) is 1. The highest BCUT2D eigenvalue weighted by Gasteiger charge is 2.31. The highest BCUT2D eigenvalue weighted by Crippen LogP contribution is 2.38. The SMILES string of the molecule is CCCOC(=O)N1CCN(C(=O)c2ccc3c(Cl)c4c(nc3c2)CC(c2cc(C)ccn2)CC4)C[C@H]1C. The fraction of sp³-hybridized carbons (Fsp3) is 0.448. The Hall–Kier alpha value is -3.19. The third-order valence-corrected chi connectivity index (χ3v) is 7.90. The van der Waals surface area contributed by atoms with Gasteiger partial charge in [0.15, 0.2) is 0 Å². The van der Waals surface area contributed by atoms with E-state index in [4.69, 9.17) is 21.3 Å². The number of pyridine rings is 2. The fourth-order valence-corrected chi connectivity index (χ4v) is 5.79. The Morgan fingerprint density at radius 1 is 1.19 bits per heavy atom. The molecule has 8 heteroatoms. The van der Waals surface area contributed by atoms with Gasteiger partial charge in [-0.2, -0.15) is 0 Å². The maximum absolute atomic E-state index is 13.4. The van der Waals surface area contributed by atoms with E-state index >= 15 is 0 Å². The second-order valence-corrected chi connectivity index (χ2v) is 10.6. The van der Waals surface area contributed by atoms with Crippen molar-refractivity contribution in [3.05, 3.63) is 69.6 Å². The third-order valence-electron chi connectivity index (χ3n) is 7.47. The zero-order chi connectivity index (χ0) is 26.1. The number of hydrogen-bond donors (Lipinski definition) is 0. The minimum Gasteiger partial charge on any atom is -0.449 e. The summed E-state index contributed by atoms with van der Waals surface area (Å²) in [7, 11) is 0. The lowest BCUT2D eigenvalue weighted by Gasteiger charge is -2.39. The molecule has 194 valence electrons. The molecule has 3 aromatic rings. The molecule has 2 aromatic heterocycles. The highest BCUT2D eigenvalue weighted by molar-refractivity contribution is 6.36. The van der Waals surface area contributed by atoms with Crippen LogP contribution in [0.25, 0.3) is 10.9 Å². The molecule has 1 aliphatic carbocycles. The number of nitrogens with zero attached hydrogens (tertiary/aromatic N) is 4. The molecule has 0 bridgehead atoms. The van der Waals surface area contributed by atoms with E-state index in [-0.39, 0.29) is 18.0 Å². The van der Waals surface area contributed by atoms with E-state index in [1.165, 1.54) is 5.56 Å². The predicted molar refractivity (Wildman–Crippen MR) is 144 cm³/mol. The summed E-state index contributed by atoms with van der Waals surface area (Å²) < 4.78 is 5.29. The molecule has 1 fully saturated rings. The molecule has 1 unspecified atom stereocenters. The van der Waals surface area contributed by atoms with Gasteiger partial charge < -0.3 is 14.5 Å². The van der Waals surface area contributed by atoms with Crippen LogP contribution in [0, 0.1) is 6.92 Å². The van der Waals surface area contributed by atoms with Crippen molar-refractivity contribution in [3.63, 3.8) is 0 Å². The number of piperazine rings is 1. The molecule has 1 aliphatic heterocycles. The molecular formula is C29H33ClN4O3. The summed E-state index contributed by atoms with van der Waals surface area (Å²) in [6.45, 7) is 7.78. The lowest BCUT2D eigenvalue weighted by atomic mass is 9.83. The zero-order valence-electron chi connectivity index (χ0n) is 21.7. The van der Waals surface area contributed by atoms with Crippen molar-refractivity contribution in [1.82, 2.24) is 19.8 Å². The summed E-state index contributed by atoms with van der Waals surface area (Å²) in [5, 5.41) is 1.61. The number of fused-ring (bicyclic) bond motifs is 2. The van der Waals surface area contributed by atoms with Gasteiger partial charge in [0.2, 0.25) is 0 Å². The van der Waals surface area contributed by atoms with Crippen LogP contribution in [-0.2, 0) is 17.6 Å². The van der Waals surface area contributed by atoms with Crippen LogP contribution in [0.3, 0.4) is 0 Å². The van der Waals surface area contributed by atoms with E-state index in [0.717, 1.165) is 58.6 Å². The summed E-state index contributed by atoms with van der Waals surface area (Å²) in [6, 6.07) is 9.65. The number of hydrogen-bond acceptors (Lipinski definition) is 5. The number of carbonyl (C=O) groups excluding carboxylic acids is 2. The summed E-state index contributed by atoms with van der Waals surface area (Å²) in [5.41, 5.74) is 5.72. The van der Waals surface area contributed by atoms with Gasteiger partial charge in [0.05, 0.1) is 17.1 Å². The Bertz CT molecular complexity index is 1340. The standard InChI is InChI=1S/C29H33ClN4O3/c1-4-13-37-29(36)34-12-11-33(17-19(34)3)28(35)21-6-8-23-26(16-21)32-25-15-20(5-7-22(25)27(23)30)24-14-18(2)9-10-31-24/h6,8-10,14,16,19-20H,4-5,7,11-13,15,17H2,1-3H3/t19-,20?/m1/s1. The molecule has 0 radical (unpaired) electrons. The van der Waals surface area contributed by atoms with Crippen LogP contribution in [0.4, 0.5) is 4.79 Å². The monoisotopic (exact) mass is 520 g/mol. The smallest absolute Gasteiger partial charge is 0.410 e. The first-order valence-corrected chi connectivity index (χ1v) is 13.5. The lowest BCUT2D eigenvalue weighted by Crippen LogP contribution is -2.55. The molecular weight excluding hydrogens is 488 g/mol. The summed E-state index contributed by atoms with van der Waals surface area (Å²) in [6.07, 6.45) is 4.98. The maximum atomic E-state index is 13.4. The minimum absolute atomic E-state index is 0.0622. The molecule has 0 saturated carbocycles. The summed E-state index contributed by atoms with van der Waals surface area (Å²) in [4.78, 5) is 38.8. The number of carbonyl (C=O) groups is 2. The maximum Gasteiger partial charge on any atom is 0.410 e. The molecule has 0 N–H and O–H groups in total. The van der Waals surface area contributed by atoms with Crippen LogP contribution in [-0.4, -0.2) is 64.1 Å². The quantitative estimate of drug-likeness (QED) is 0.450. The second-order valence-electron chi connectivity index (χ2n) is 10.2. The third kappa shape index (κ3) is 5.14. The van der Waals surface area contributed by atoms with Gasteiger partial charge in [0.25, 0.3) is 5.91 Å². The normalized spacial score (nSPS) is 19.6. The summed E-state index contributed by atoms with van der Waals surface area (Å²) in [5.74, 6) is 0.243. The van der Waals surface area contributed by atoms with E-state index < -0.39 is 0 Å². The predicted octanol–water partition coefficient (Wildman–Crippen LogP) is 5.56. The van der Waals surface area contributed by atoms with Crippen LogP contribution >= 0.6 is 11.6 Å². The van der Waals surface area contributed by atoms with Gasteiger partial charge in [-0.1, -0.05) is 24.6 Å². The van der Waals surface area contributed by atoms with Gasteiger partial charge in [0.1, 0.15) is 0 Å². The Kier molecular flexibility index (Phi) is 7.33. The van der Waals surface area contributed by atoms with E-state index in [1.807, 2.05) is 44.3 Å². The van der Waals surface area contributed by atoms with Crippen molar-refractivity contribution >= 4 is 34.5 Å². The van der Waals surface area contributed by atoms with E-state index in [1.54, 1.807) is 9.80 Å². The van der Waals surface area contributed by atoms with Crippen molar-refractivity contribution in [2.24, 2.45) is 0 Å². The average Bonchev–Trinajstić information content (AvgIpc) is 2.90. The number of rotatable bonds is 4. The molecule has 1 saturated heterocycles. The minimum atomic E-state index is -0.310. The number of aryl methyl sites for hydroxylation is 1. The number of benzene rings is 1. The molecule has 5 rings (SSSR count). The molecule has 0 spiro atoms. The largest absolute Gasteiger partial charge is 0.449 e. The molecule has 3 heterocycles. The number of amides is 2. The van der Waals surface area contributed by atoms with Crippen molar-refractivity contribution in [1.29, 1.82) is 0 Å². The fourth-order valence-electron chi connectivity index (χ4n) is 5.43. The van der Waals surface area contributed by atoms with Crippen molar-refractivity contribution in [3.8, 4) is 0 Å². The van der Waals surface area contributed by atoms with E-state index in [2.05, 4.69) is 18.0 Å². The van der Waals surface area contributed by atoms with E-state index in [9.17, 15) is 9.59 Å². The highest BCUT2D eigenvalue weighted by atomic mass is 35.5. The second kappa shape index (κ2) is 10.7. The Morgan fingerprint density at radius 3 is 2.78 bits per heavy atom. The Balaban J connectivity index is 1.35. The molecule has 37 heavy (non-hydrogen) atoms. The van der Waals surface area contributed by atoms with Crippen molar-refractivity contribution in [2.75, 3.05) is 26.2 Å². The van der Waals surface area contributed by atoms with Gasteiger partial charge >= 0.3 is 6.09 Å². The van der Waals surface area contributed by atoms with Crippen LogP contribution in [0.2, 0.25) is 5.02 Å². The number of aromatic nitrogens is 2. The first-order chi connectivity index (χ1) is 17.9. The van der Waals surface area contributed by atoms with Crippen LogP contribution in [0.15, 0.2) is 36.5 Å². The molecule has 1 aromatic carbocycles. The van der Waals surface area contributed by atoms with Crippen LogP contribution in [0.5, 0.6) is 0 Å². The summed E-state index contributed by atoms with van der Waals surface area (Å²) >= 11 is 6.86. The van der Waals surface area contributed by atoms with Gasteiger partial charge in [-0.25, -0.2) is 4.79 Å². The Labute approximate surface area is 222 Å². The first-order valence-electron chi connectivity index (χ1n) is 13.1. The van der Waals surface area contributed by atoms with E-state index in [0.29, 0.717) is 37.7 Å². The van der Waals surface area contributed by atoms with Crippen LogP contribution < -0.4 is 0 Å². The number of halogens is 1. The molecule has 7 nitrogen and oxygen atoms in total. The van der Waals surface area contributed by atoms with Crippen molar-refractivity contribution in [2.45, 2.75) is 58.4 Å². The molecule has 2 amide bonds. The molecule has 2 atom stereocenters. The topological polar surface area (TPSA) is 75.6 Å².